The summed E-state index contributed by atoms with van der Waals surface area (Å²) in [7, 11) is 0. The quantitative estimate of drug-likeness (QED) is 0.625. The van der Waals surface area contributed by atoms with Gasteiger partial charge in [0.2, 0.25) is 0 Å². The number of halogens is 1. The van der Waals surface area contributed by atoms with Gasteiger partial charge in [0.05, 0.1) is 4.92 Å². The summed E-state index contributed by atoms with van der Waals surface area (Å²) in [6, 6.07) is 5.31. The van der Waals surface area contributed by atoms with E-state index in [0.717, 1.165) is 42.3 Å². The van der Waals surface area contributed by atoms with Crippen LogP contribution in [0.2, 0.25) is 0 Å². The Morgan fingerprint density at radius 1 is 1.25 bits per heavy atom. The summed E-state index contributed by atoms with van der Waals surface area (Å²) in [6.07, 6.45) is 2.75. The van der Waals surface area contributed by atoms with Crippen molar-refractivity contribution < 1.29 is 4.92 Å². The summed E-state index contributed by atoms with van der Waals surface area (Å²) in [4.78, 5) is 15.5. The molecule has 2 aliphatic rings. The molecule has 1 aromatic rings. The summed E-state index contributed by atoms with van der Waals surface area (Å²) in [6.45, 7) is 4.95. The van der Waals surface area contributed by atoms with Crippen LogP contribution in [0, 0.1) is 16.0 Å². The lowest BCUT2D eigenvalue weighted by molar-refractivity contribution is -0.384. The molecule has 0 amide bonds. The lowest BCUT2D eigenvalue weighted by Crippen LogP contribution is -2.47. The second-order valence-electron chi connectivity index (χ2n) is 5.62. The number of rotatable bonds is 4. The molecule has 0 N–H and O–H groups in total. The third-order valence-electron chi connectivity index (χ3n) is 4.06. The molecule has 20 heavy (non-hydrogen) atoms. The number of nitro groups is 1. The highest BCUT2D eigenvalue weighted by atomic mass is 79.9. The van der Waals surface area contributed by atoms with E-state index in [1.807, 2.05) is 12.1 Å². The molecule has 1 aliphatic carbocycles. The van der Waals surface area contributed by atoms with Gasteiger partial charge < -0.3 is 4.90 Å². The van der Waals surface area contributed by atoms with E-state index in [-0.39, 0.29) is 10.6 Å². The number of anilines is 1. The molecule has 1 aromatic carbocycles. The van der Waals surface area contributed by atoms with Gasteiger partial charge >= 0.3 is 0 Å². The van der Waals surface area contributed by atoms with E-state index < -0.39 is 0 Å². The molecule has 1 saturated heterocycles. The SMILES string of the molecule is O=[N+]([O-])c1cc(Br)ccc1N1CCN(CC2CC2)CC1. The fourth-order valence-corrected chi connectivity index (χ4v) is 3.10. The second-order valence-corrected chi connectivity index (χ2v) is 6.54. The number of nitro benzene ring substituents is 1. The minimum atomic E-state index is -0.295. The van der Waals surface area contributed by atoms with Crippen molar-refractivity contribution in [3.05, 3.63) is 32.8 Å². The first-order valence-corrected chi connectivity index (χ1v) is 7.84. The van der Waals surface area contributed by atoms with Gasteiger partial charge in [0.25, 0.3) is 5.69 Å². The maximum Gasteiger partial charge on any atom is 0.293 e. The Kier molecular flexibility index (Phi) is 3.94. The van der Waals surface area contributed by atoms with Crippen LogP contribution in [0.1, 0.15) is 12.8 Å². The first kappa shape index (κ1) is 13.8. The van der Waals surface area contributed by atoms with E-state index in [0.29, 0.717) is 0 Å². The standard InChI is InChI=1S/C14H18BrN3O2/c15-12-3-4-13(14(9-12)18(19)20)17-7-5-16(6-8-17)10-11-1-2-11/h3-4,9,11H,1-2,5-8,10H2. The van der Waals surface area contributed by atoms with Crippen LogP contribution >= 0.6 is 15.9 Å². The molecule has 0 atom stereocenters. The van der Waals surface area contributed by atoms with Gasteiger partial charge in [0.1, 0.15) is 5.69 Å². The van der Waals surface area contributed by atoms with Crippen LogP contribution in [0.15, 0.2) is 22.7 Å². The number of nitrogens with zero attached hydrogens (tertiary/aromatic N) is 3. The fourth-order valence-electron chi connectivity index (χ4n) is 2.75. The summed E-state index contributed by atoms with van der Waals surface area (Å²) in [5, 5.41) is 11.2. The van der Waals surface area contributed by atoms with Crippen LogP contribution in [-0.2, 0) is 0 Å². The highest BCUT2D eigenvalue weighted by Crippen LogP contribution is 2.33. The Morgan fingerprint density at radius 2 is 1.95 bits per heavy atom. The third kappa shape index (κ3) is 3.12. The first-order valence-electron chi connectivity index (χ1n) is 7.05. The lowest BCUT2D eigenvalue weighted by atomic mass is 10.2. The zero-order valence-electron chi connectivity index (χ0n) is 11.3. The number of hydrogen-bond acceptors (Lipinski definition) is 4. The highest BCUT2D eigenvalue weighted by molar-refractivity contribution is 9.10. The Labute approximate surface area is 126 Å². The number of piperazine rings is 1. The Bertz CT molecular complexity index is 511. The molecule has 2 fully saturated rings. The smallest absolute Gasteiger partial charge is 0.293 e. The lowest BCUT2D eigenvalue weighted by Gasteiger charge is -2.35. The molecule has 0 spiro atoms. The van der Waals surface area contributed by atoms with Crippen LogP contribution in [0.3, 0.4) is 0 Å². The van der Waals surface area contributed by atoms with E-state index in [2.05, 4.69) is 25.7 Å². The molecule has 0 aromatic heterocycles. The molecular formula is C14H18BrN3O2. The summed E-state index contributed by atoms with van der Waals surface area (Å²) < 4.78 is 0.750. The van der Waals surface area contributed by atoms with Gasteiger partial charge in [-0.3, -0.25) is 15.0 Å². The largest absolute Gasteiger partial charge is 0.363 e. The first-order chi connectivity index (χ1) is 9.63. The average molecular weight is 340 g/mol. The highest BCUT2D eigenvalue weighted by Gasteiger charge is 2.28. The molecule has 5 nitrogen and oxygen atoms in total. The molecule has 1 heterocycles. The van der Waals surface area contributed by atoms with Crippen LogP contribution in [-0.4, -0.2) is 42.5 Å². The Morgan fingerprint density at radius 3 is 2.55 bits per heavy atom. The van der Waals surface area contributed by atoms with Crippen LogP contribution in [0.4, 0.5) is 11.4 Å². The molecule has 0 radical (unpaired) electrons. The maximum absolute atomic E-state index is 11.2. The molecular weight excluding hydrogens is 322 g/mol. The van der Waals surface area contributed by atoms with Gasteiger partial charge in [-0.1, -0.05) is 15.9 Å². The number of benzene rings is 1. The molecule has 1 saturated carbocycles. The van der Waals surface area contributed by atoms with Crippen LogP contribution in [0.25, 0.3) is 0 Å². The molecule has 0 unspecified atom stereocenters. The van der Waals surface area contributed by atoms with E-state index in [1.165, 1.54) is 19.4 Å². The molecule has 1 aliphatic heterocycles. The van der Waals surface area contributed by atoms with Gasteiger partial charge in [-0.05, 0) is 30.9 Å². The minimum absolute atomic E-state index is 0.190. The van der Waals surface area contributed by atoms with E-state index in [1.54, 1.807) is 6.07 Å². The summed E-state index contributed by atoms with van der Waals surface area (Å²) in [5.41, 5.74) is 0.930. The normalized spacial score (nSPS) is 20.1. The van der Waals surface area contributed by atoms with Crippen molar-refractivity contribution in [2.75, 3.05) is 37.6 Å². The summed E-state index contributed by atoms with van der Waals surface area (Å²) >= 11 is 3.30. The Balaban J connectivity index is 1.69. The maximum atomic E-state index is 11.2. The van der Waals surface area contributed by atoms with Crippen LogP contribution < -0.4 is 4.90 Å². The third-order valence-corrected chi connectivity index (χ3v) is 4.55. The average Bonchev–Trinajstić information content (AvgIpc) is 3.24. The van der Waals surface area contributed by atoms with Crippen molar-refractivity contribution in [3.8, 4) is 0 Å². The van der Waals surface area contributed by atoms with E-state index >= 15 is 0 Å². The predicted molar refractivity (Wildman–Crippen MR) is 82.2 cm³/mol. The van der Waals surface area contributed by atoms with Crippen molar-refractivity contribution >= 4 is 27.3 Å². The van der Waals surface area contributed by atoms with Gasteiger partial charge in [0.15, 0.2) is 0 Å². The van der Waals surface area contributed by atoms with Gasteiger partial charge in [-0.2, -0.15) is 0 Å². The zero-order chi connectivity index (χ0) is 14.1. The van der Waals surface area contributed by atoms with Crippen molar-refractivity contribution in [1.82, 2.24) is 4.90 Å². The van der Waals surface area contributed by atoms with Crippen molar-refractivity contribution in [2.24, 2.45) is 5.92 Å². The topological polar surface area (TPSA) is 49.6 Å². The predicted octanol–water partition coefficient (Wildman–Crippen LogP) is 2.89. The molecule has 6 heteroatoms. The van der Waals surface area contributed by atoms with Crippen molar-refractivity contribution in [2.45, 2.75) is 12.8 Å². The molecule has 3 rings (SSSR count). The van der Waals surface area contributed by atoms with Crippen molar-refractivity contribution in [1.29, 1.82) is 0 Å². The van der Waals surface area contributed by atoms with Gasteiger partial charge in [-0.15, -0.1) is 0 Å². The van der Waals surface area contributed by atoms with Gasteiger partial charge in [-0.25, -0.2) is 0 Å². The Hall–Kier alpha value is -1.14. The van der Waals surface area contributed by atoms with E-state index in [9.17, 15) is 10.1 Å². The van der Waals surface area contributed by atoms with Gasteiger partial charge in [0, 0.05) is 43.3 Å². The van der Waals surface area contributed by atoms with Crippen molar-refractivity contribution in [3.63, 3.8) is 0 Å². The number of hydrogen-bond donors (Lipinski definition) is 0. The van der Waals surface area contributed by atoms with E-state index in [4.69, 9.17) is 0 Å². The minimum Gasteiger partial charge on any atom is -0.363 e. The molecule has 108 valence electrons. The fraction of sp³-hybridized carbons (Fsp3) is 0.571. The monoisotopic (exact) mass is 339 g/mol. The van der Waals surface area contributed by atoms with Crippen LogP contribution in [0.5, 0.6) is 0 Å². The zero-order valence-corrected chi connectivity index (χ0v) is 12.9. The summed E-state index contributed by atoms with van der Waals surface area (Å²) in [5.74, 6) is 0.906. The second kappa shape index (κ2) is 5.69. The molecule has 0 bridgehead atoms.